The molecule has 1 aromatic rings. The van der Waals surface area contributed by atoms with Gasteiger partial charge < -0.3 is 14.5 Å². The topological polar surface area (TPSA) is 49.9 Å². The second-order valence-electron chi connectivity index (χ2n) is 4.85. The molecule has 0 unspecified atom stereocenters. The lowest BCUT2D eigenvalue weighted by atomic mass is 10.1. The fourth-order valence-corrected chi connectivity index (χ4v) is 2.44. The van der Waals surface area contributed by atoms with Crippen LogP contribution in [0.25, 0.3) is 0 Å². The van der Waals surface area contributed by atoms with Gasteiger partial charge in [0.05, 0.1) is 5.56 Å². The van der Waals surface area contributed by atoms with Gasteiger partial charge in [-0.25, -0.2) is 0 Å². The van der Waals surface area contributed by atoms with Crippen molar-refractivity contribution in [2.24, 2.45) is 0 Å². The summed E-state index contributed by atoms with van der Waals surface area (Å²) < 4.78 is 41.1. The van der Waals surface area contributed by atoms with Gasteiger partial charge in [-0.05, 0) is 12.1 Å². The summed E-state index contributed by atoms with van der Waals surface area (Å²) in [4.78, 5) is 26.8. The summed E-state index contributed by atoms with van der Waals surface area (Å²) in [5, 5.41) is 0. The summed E-state index contributed by atoms with van der Waals surface area (Å²) in [6, 6.07) is 5.19. The Kier molecular flexibility index (Phi) is 5.35. The Hall–Kier alpha value is -1.96. The van der Waals surface area contributed by atoms with Crippen LogP contribution in [0.4, 0.5) is 13.2 Å². The van der Waals surface area contributed by atoms with Crippen molar-refractivity contribution in [2.45, 2.75) is 6.36 Å². The largest absolute Gasteiger partial charge is 0.573 e. The summed E-state index contributed by atoms with van der Waals surface area (Å²) in [5.74, 6) is -1.48. The van der Waals surface area contributed by atoms with Crippen LogP contribution in [-0.2, 0) is 4.79 Å². The van der Waals surface area contributed by atoms with Gasteiger partial charge in [0, 0.05) is 26.2 Å². The van der Waals surface area contributed by atoms with E-state index in [9.17, 15) is 22.8 Å². The standard InChI is InChI=1S/C14H14ClF3N2O3/c15-9-12(21)19-5-7-20(8-6-19)13(22)10-3-1-2-4-11(10)23-14(16,17)18/h1-4H,5-9H2. The molecule has 9 heteroatoms. The highest BCUT2D eigenvalue weighted by atomic mass is 35.5. The van der Waals surface area contributed by atoms with Gasteiger partial charge in [-0.15, -0.1) is 24.8 Å². The Labute approximate surface area is 135 Å². The van der Waals surface area contributed by atoms with Gasteiger partial charge in [0.15, 0.2) is 0 Å². The molecular formula is C14H14ClF3N2O3. The van der Waals surface area contributed by atoms with Crippen molar-refractivity contribution in [1.29, 1.82) is 0 Å². The number of para-hydroxylation sites is 1. The number of alkyl halides is 4. The highest BCUT2D eigenvalue weighted by Crippen LogP contribution is 2.27. The summed E-state index contributed by atoms with van der Waals surface area (Å²) in [7, 11) is 0. The molecule has 2 rings (SSSR count). The maximum atomic E-state index is 12.4. The molecule has 1 fully saturated rings. The Morgan fingerprint density at radius 1 is 1.09 bits per heavy atom. The Bertz CT molecular complexity index is 587. The molecule has 0 N–H and O–H groups in total. The zero-order chi connectivity index (χ0) is 17.0. The molecule has 126 valence electrons. The third kappa shape index (κ3) is 4.51. The van der Waals surface area contributed by atoms with Gasteiger partial charge in [-0.1, -0.05) is 12.1 Å². The van der Waals surface area contributed by atoms with Crippen molar-refractivity contribution < 1.29 is 27.5 Å². The maximum Gasteiger partial charge on any atom is 0.573 e. The number of carbonyl (C=O) groups excluding carboxylic acids is 2. The highest BCUT2D eigenvalue weighted by Gasteiger charge is 2.34. The zero-order valence-electron chi connectivity index (χ0n) is 12.0. The molecule has 1 saturated heterocycles. The van der Waals surface area contributed by atoms with Gasteiger partial charge in [0.1, 0.15) is 11.6 Å². The minimum absolute atomic E-state index is 0.143. The van der Waals surface area contributed by atoms with Gasteiger partial charge in [0.25, 0.3) is 5.91 Å². The number of benzene rings is 1. The Morgan fingerprint density at radius 2 is 1.65 bits per heavy atom. The average molecular weight is 351 g/mol. The quantitative estimate of drug-likeness (QED) is 0.785. The molecule has 1 aliphatic rings. The van der Waals surface area contributed by atoms with E-state index in [0.717, 1.165) is 6.07 Å². The third-order valence-corrected chi connectivity index (χ3v) is 3.61. The van der Waals surface area contributed by atoms with Crippen molar-refractivity contribution in [2.75, 3.05) is 32.1 Å². The van der Waals surface area contributed by atoms with Crippen LogP contribution in [0.2, 0.25) is 0 Å². The molecule has 0 aromatic heterocycles. The second kappa shape index (κ2) is 7.08. The third-order valence-electron chi connectivity index (χ3n) is 3.38. The van der Waals surface area contributed by atoms with Crippen molar-refractivity contribution >= 4 is 23.4 Å². The SMILES string of the molecule is O=C(CCl)N1CCN(C(=O)c2ccccc2OC(F)(F)F)CC1. The van der Waals surface area contributed by atoms with Crippen LogP contribution in [0.15, 0.2) is 24.3 Å². The number of carbonyl (C=O) groups is 2. The Morgan fingerprint density at radius 3 is 2.22 bits per heavy atom. The zero-order valence-corrected chi connectivity index (χ0v) is 12.7. The van der Waals surface area contributed by atoms with E-state index >= 15 is 0 Å². The molecule has 23 heavy (non-hydrogen) atoms. The van der Waals surface area contributed by atoms with Crippen molar-refractivity contribution in [3.8, 4) is 5.75 Å². The highest BCUT2D eigenvalue weighted by molar-refractivity contribution is 6.27. The number of piperazine rings is 1. The number of rotatable bonds is 3. The van der Waals surface area contributed by atoms with E-state index in [0.29, 0.717) is 13.1 Å². The lowest BCUT2D eigenvalue weighted by molar-refractivity contribution is -0.274. The minimum Gasteiger partial charge on any atom is -0.405 e. The lowest BCUT2D eigenvalue weighted by Crippen LogP contribution is -2.51. The van der Waals surface area contributed by atoms with Crippen LogP contribution in [-0.4, -0.2) is 60.0 Å². The summed E-state index contributed by atoms with van der Waals surface area (Å²) >= 11 is 5.47. The maximum absolute atomic E-state index is 12.4. The van der Waals surface area contributed by atoms with Crippen LogP contribution in [0.3, 0.4) is 0 Å². The lowest BCUT2D eigenvalue weighted by Gasteiger charge is -2.34. The fourth-order valence-electron chi connectivity index (χ4n) is 2.27. The van der Waals surface area contributed by atoms with Crippen LogP contribution in [0.5, 0.6) is 5.75 Å². The normalized spacial score (nSPS) is 15.5. The van der Waals surface area contributed by atoms with Gasteiger partial charge in [-0.2, -0.15) is 0 Å². The van der Waals surface area contributed by atoms with E-state index in [1.807, 2.05) is 0 Å². The molecule has 0 bridgehead atoms. The minimum atomic E-state index is -4.87. The van der Waals surface area contributed by atoms with Crippen LogP contribution < -0.4 is 4.74 Å². The molecule has 1 heterocycles. The van der Waals surface area contributed by atoms with Gasteiger partial charge >= 0.3 is 6.36 Å². The molecule has 0 aliphatic carbocycles. The van der Waals surface area contributed by atoms with E-state index in [4.69, 9.17) is 11.6 Å². The molecular weight excluding hydrogens is 337 g/mol. The molecule has 1 aliphatic heterocycles. The van der Waals surface area contributed by atoms with Crippen molar-refractivity contribution in [3.05, 3.63) is 29.8 Å². The second-order valence-corrected chi connectivity index (χ2v) is 5.12. The van der Waals surface area contributed by atoms with E-state index in [-0.39, 0.29) is 30.4 Å². The fraction of sp³-hybridized carbons (Fsp3) is 0.429. The van der Waals surface area contributed by atoms with Crippen LogP contribution >= 0.6 is 11.6 Å². The number of hydrogen-bond donors (Lipinski definition) is 0. The number of halogens is 4. The number of hydrogen-bond acceptors (Lipinski definition) is 3. The smallest absolute Gasteiger partial charge is 0.405 e. The number of ether oxygens (including phenoxy) is 1. The molecule has 0 saturated carbocycles. The van der Waals surface area contributed by atoms with E-state index in [1.165, 1.54) is 28.0 Å². The summed E-state index contributed by atoms with van der Waals surface area (Å²) in [6.07, 6.45) is -4.87. The first-order valence-corrected chi connectivity index (χ1v) is 7.33. The first kappa shape index (κ1) is 17.4. The first-order valence-electron chi connectivity index (χ1n) is 6.79. The van der Waals surface area contributed by atoms with Crippen molar-refractivity contribution in [1.82, 2.24) is 9.80 Å². The predicted molar refractivity (Wildman–Crippen MR) is 76.3 cm³/mol. The molecule has 5 nitrogen and oxygen atoms in total. The van der Waals surface area contributed by atoms with E-state index in [1.54, 1.807) is 0 Å². The van der Waals surface area contributed by atoms with E-state index < -0.39 is 18.0 Å². The molecule has 0 radical (unpaired) electrons. The number of nitrogens with zero attached hydrogens (tertiary/aromatic N) is 2. The Balaban J connectivity index is 2.09. The average Bonchev–Trinajstić information content (AvgIpc) is 2.52. The van der Waals surface area contributed by atoms with Crippen molar-refractivity contribution in [3.63, 3.8) is 0 Å². The summed E-state index contributed by atoms with van der Waals surface area (Å²) in [5.41, 5.74) is -0.165. The van der Waals surface area contributed by atoms with Crippen LogP contribution in [0, 0.1) is 0 Å². The first-order chi connectivity index (χ1) is 10.8. The molecule has 1 aromatic carbocycles. The van der Waals surface area contributed by atoms with Gasteiger partial charge in [-0.3, -0.25) is 9.59 Å². The number of amides is 2. The van der Waals surface area contributed by atoms with E-state index in [2.05, 4.69) is 4.74 Å². The van der Waals surface area contributed by atoms with Crippen LogP contribution in [0.1, 0.15) is 10.4 Å². The molecule has 0 atom stereocenters. The van der Waals surface area contributed by atoms with Gasteiger partial charge in [0.2, 0.25) is 5.91 Å². The monoisotopic (exact) mass is 350 g/mol. The molecule has 2 amide bonds. The summed E-state index contributed by atoms with van der Waals surface area (Å²) in [6.45, 7) is 1.03. The predicted octanol–water partition coefficient (Wildman–Crippen LogP) is 2.11. The molecule has 0 spiro atoms.